The molecule has 68 valence electrons. The maximum atomic E-state index is 11.0. The minimum Gasteiger partial charge on any atom is -0.459 e. The third-order valence-electron chi connectivity index (χ3n) is 1.84. The summed E-state index contributed by atoms with van der Waals surface area (Å²) in [6, 6.07) is 0. The van der Waals surface area contributed by atoms with Crippen LogP contribution in [0.4, 0.5) is 0 Å². The molecular weight excluding hydrogens is 158 g/mol. The number of rotatable bonds is 2. The van der Waals surface area contributed by atoms with Crippen LogP contribution in [0.15, 0.2) is 0 Å². The van der Waals surface area contributed by atoms with E-state index in [0.29, 0.717) is 19.5 Å². The summed E-state index contributed by atoms with van der Waals surface area (Å²) in [7, 11) is 0. The van der Waals surface area contributed by atoms with Gasteiger partial charge in [0.05, 0.1) is 13.1 Å². The second-order valence-electron chi connectivity index (χ2n) is 2.88. The summed E-state index contributed by atoms with van der Waals surface area (Å²) < 4.78 is 4.88. The van der Waals surface area contributed by atoms with Crippen LogP contribution in [0.1, 0.15) is 20.3 Å². The highest BCUT2D eigenvalue weighted by Crippen LogP contribution is 2.12. The van der Waals surface area contributed by atoms with E-state index in [1.54, 1.807) is 4.90 Å². The average Bonchev–Trinajstić information content (AvgIpc) is 1.94. The van der Waals surface area contributed by atoms with Crippen molar-refractivity contribution >= 4 is 11.9 Å². The first-order valence-electron chi connectivity index (χ1n) is 4.08. The zero-order chi connectivity index (χ0) is 9.14. The van der Waals surface area contributed by atoms with Crippen molar-refractivity contribution in [2.24, 2.45) is 0 Å². The molecule has 1 aliphatic heterocycles. The Balaban J connectivity index is 2.20. The van der Waals surface area contributed by atoms with Gasteiger partial charge in [0.1, 0.15) is 6.10 Å². The van der Waals surface area contributed by atoms with Crippen LogP contribution in [0, 0.1) is 0 Å². The van der Waals surface area contributed by atoms with Crippen LogP contribution in [-0.2, 0) is 14.3 Å². The van der Waals surface area contributed by atoms with Gasteiger partial charge >= 0.3 is 5.97 Å². The minimum atomic E-state index is -0.274. The standard InChI is InChI=1S/C8H13NO3/c1-3-8(11)9-4-7(5-9)12-6(2)10/h7H,3-5H2,1-2H3. The van der Waals surface area contributed by atoms with Gasteiger partial charge in [0.15, 0.2) is 0 Å². The van der Waals surface area contributed by atoms with Gasteiger partial charge in [-0.1, -0.05) is 6.92 Å². The lowest BCUT2D eigenvalue weighted by Crippen LogP contribution is -2.55. The summed E-state index contributed by atoms with van der Waals surface area (Å²) in [5.41, 5.74) is 0. The lowest BCUT2D eigenvalue weighted by atomic mass is 10.1. The largest absolute Gasteiger partial charge is 0.459 e. The number of ether oxygens (including phenoxy) is 1. The number of amides is 1. The van der Waals surface area contributed by atoms with E-state index in [-0.39, 0.29) is 18.0 Å². The topological polar surface area (TPSA) is 46.6 Å². The Labute approximate surface area is 71.5 Å². The van der Waals surface area contributed by atoms with Crippen LogP contribution >= 0.6 is 0 Å². The summed E-state index contributed by atoms with van der Waals surface area (Å²) in [6.45, 7) is 4.32. The lowest BCUT2D eigenvalue weighted by molar-refractivity contribution is -0.161. The van der Waals surface area contributed by atoms with Crippen LogP contribution in [0.5, 0.6) is 0 Å². The van der Waals surface area contributed by atoms with E-state index >= 15 is 0 Å². The highest BCUT2D eigenvalue weighted by atomic mass is 16.5. The first kappa shape index (κ1) is 9.03. The Morgan fingerprint density at radius 3 is 2.50 bits per heavy atom. The fourth-order valence-corrected chi connectivity index (χ4v) is 1.17. The van der Waals surface area contributed by atoms with Crippen molar-refractivity contribution in [3.63, 3.8) is 0 Å². The molecule has 0 N–H and O–H groups in total. The molecule has 0 bridgehead atoms. The summed E-state index contributed by atoms with van der Waals surface area (Å²) in [5.74, 6) is -0.151. The van der Waals surface area contributed by atoms with Gasteiger partial charge in [-0.15, -0.1) is 0 Å². The van der Waals surface area contributed by atoms with Crippen LogP contribution in [-0.4, -0.2) is 36.0 Å². The van der Waals surface area contributed by atoms with Gasteiger partial charge in [0.25, 0.3) is 0 Å². The molecule has 0 spiro atoms. The van der Waals surface area contributed by atoms with Crippen molar-refractivity contribution in [3.8, 4) is 0 Å². The second-order valence-corrected chi connectivity index (χ2v) is 2.88. The summed E-state index contributed by atoms with van der Waals surface area (Å²) in [5, 5.41) is 0. The van der Waals surface area contributed by atoms with Crippen molar-refractivity contribution in [2.75, 3.05) is 13.1 Å². The first-order chi connectivity index (χ1) is 5.63. The van der Waals surface area contributed by atoms with Gasteiger partial charge in [0, 0.05) is 13.3 Å². The molecule has 0 aliphatic carbocycles. The second kappa shape index (κ2) is 3.56. The van der Waals surface area contributed by atoms with Crippen molar-refractivity contribution in [1.29, 1.82) is 0 Å². The van der Waals surface area contributed by atoms with E-state index in [1.807, 2.05) is 6.92 Å². The Morgan fingerprint density at radius 1 is 1.50 bits per heavy atom. The number of likely N-dealkylation sites (tertiary alicyclic amines) is 1. The van der Waals surface area contributed by atoms with Crippen LogP contribution in [0.25, 0.3) is 0 Å². The monoisotopic (exact) mass is 171 g/mol. The molecule has 4 nitrogen and oxygen atoms in total. The SMILES string of the molecule is CCC(=O)N1CC(OC(C)=O)C1. The number of carbonyl (C=O) groups excluding carboxylic acids is 2. The van der Waals surface area contributed by atoms with Gasteiger partial charge in [-0.3, -0.25) is 9.59 Å². The number of hydrogen-bond donors (Lipinski definition) is 0. The zero-order valence-electron chi connectivity index (χ0n) is 7.37. The molecule has 0 aromatic heterocycles. The fraction of sp³-hybridized carbons (Fsp3) is 0.750. The first-order valence-corrected chi connectivity index (χ1v) is 4.08. The lowest BCUT2D eigenvalue weighted by Gasteiger charge is -2.38. The van der Waals surface area contributed by atoms with E-state index in [0.717, 1.165) is 0 Å². The van der Waals surface area contributed by atoms with Gasteiger partial charge in [-0.05, 0) is 0 Å². The highest BCUT2D eigenvalue weighted by molar-refractivity contribution is 5.77. The average molecular weight is 171 g/mol. The van der Waals surface area contributed by atoms with Crippen LogP contribution < -0.4 is 0 Å². The Bertz CT molecular complexity index is 196. The minimum absolute atomic E-state index is 0.0713. The quantitative estimate of drug-likeness (QED) is 0.556. The third kappa shape index (κ3) is 1.96. The van der Waals surface area contributed by atoms with Crippen molar-refractivity contribution in [3.05, 3.63) is 0 Å². The van der Waals surface area contributed by atoms with Gasteiger partial charge in [-0.25, -0.2) is 0 Å². The Kier molecular flexibility index (Phi) is 2.68. The molecule has 0 unspecified atom stereocenters. The van der Waals surface area contributed by atoms with Crippen molar-refractivity contribution in [2.45, 2.75) is 26.4 Å². The molecule has 0 atom stereocenters. The molecule has 1 saturated heterocycles. The molecule has 0 aromatic carbocycles. The maximum Gasteiger partial charge on any atom is 0.303 e. The summed E-state index contributed by atoms with van der Waals surface area (Å²) in [6.07, 6.45) is 0.449. The summed E-state index contributed by atoms with van der Waals surface area (Å²) in [4.78, 5) is 23.2. The Morgan fingerprint density at radius 2 is 2.08 bits per heavy atom. The van der Waals surface area contributed by atoms with Crippen LogP contribution in [0.2, 0.25) is 0 Å². The molecule has 1 amide bonds. The third-order valence-corrected chi connectivity index (χ3v) is 1.84. The van der Waals surface area contributed by atoms with E-state index in [9.17, 15) is 9.59 Å². The smallest absolute Gasteiger partial charge is 0.303 e. The normalized spacial score (nSPS) is 17.0. The molecule has 12 heavy (non-hydrogen) atoms. The number of nitrogens with zero attached hydrogens (tertiary/aromatic N) is 1. The molecule has 1 aliphatic rings. The molecule has 0 saturated carbocycles. The molecular formula is C8H13NO3. The number of hydrogen-bond acceptors (Lipinski definition) is 3. The summed E-state index contributed by atoms with van der Waals surface area (Å²) >= 11 is 0. The molecule has 1 rings (SSSR count). The number of carbonyl (C=O) groups is 2. The molecule has 4 heteroatoms. The van der Waals surface area contributed by atoms with E-state index in [1.165, 1.54) is 6.92 Å². The van der Waals surface area contributed by atoms with Gasteiger partial charge in [0.2, 0.25) is 5.91 Å². The molecule has 0 radical (unpaired) electrons. The van der Waals surface area contributed by atoms with E-state index in [4.69, 9.17) is 4.74 Å². The molecule has 0 aromatic rings. The zero-order valence-corrected chi connectivity index (χ0v) is 7.37. The maximum absolute atomic E-state index is 11.0. The molecule has 1 fully saturated rings. The molecule has 1 heterocycles. The highest BCUT2D eigenvalue weighted by Gasteiger charge is 2.31. The van der Waals surface area contributed by atoms with Gasteiger partial charge < -0.3 is 9.64 Å². The predicted octanol–water partition coefficient (Wildman–Crippen LogP) is 0.170. The van der Waals surface area contributed by atoms with Crippen molar-refractivity contribution in [1.82, 2.24) is 4.90 Å². The van der Waals surface area contributed by atoms with E-state index in [2.05, 4.69) is 0 Å². The fourth-order valence-electron chi connectivity index (χ4n) is 1.17. The Hall–Kier alpha value is -1.06. The number of esters is 1. The van der Waals surface area contributed by atoms with Gasteiger partial charge in [-0.2, -0.15) is 0 Å². The van der Waals surface area contributed by atoms with E-state index < -0.39 is 0 Å². The van der Waals surface area contributed by atoms with Crippen molar-refractivity contribution < 1.29 is 14.3 Å². The van der Waals surface area contributed by atoms with Crippen LogP contribution in [0.3, 0.4) is 0 Å². The predicted molar refractivity (Wildman–Crippen MR) is 42.4 cm³/mol.